The lowest BCUT2D eigenvalue weighted by Gasteiger charge is -2.24. The molecule has 3 heterocycles. The van der Waals surface area contributed by atoms with E-state index in [0.717, 1.165) is 0 Å². The molecular formula is C20H24N5O9P. The van der Waals surface area contributed by atoms with Crippen molar-refractivity contribution in [3.8, 4) is 5.75 Å². The predicted molar refractivity (Wildman–Crippen MR) is 120 cm³/mol. The summed E-state index contributed by atoms with van der Waals surface area (Å²) in [6, 6.07) is 8.31. The van der Waals surface area contributed by atoms with Crippen LogP contribution in [-0.2, 0) is 18.6 Å². The van der Waals surface area contributed by atoms with Crippen molar-refractivity contribution in [2.45, 2.75) is 37.5 Å². The molecule has 0 spiro atoms. The minimum atomic E-state index is -4.25. The number of nitrogens with zero attached hydrogens (tertiary/aromatic N) is 3. The molecule has 1 aliphatic rings. The van der Waals surface area contributed by atoms with Crippen LogP contribution in [-0.4, -0.2) is 72.0 Å². The van der Waals surface area contributed by atoms with Crippen molar-refractivity contribution in [2.24, 2.45) is 0 Å². The zero-order chi connectivity index (χ0) is 25.2. The maximum atomic E-state index is 13.3. The van der Waals surface area contributed by atoms with Gasteiger partial charge >= 0.3 is 13.7 Å². The molecule has 3 aromatic rings. The van der Waals surface area contributed by atoms with Gasteiger partial charge in [-0.05, 0) is 25.1 Å². The number of fused-ring (bicyclic) bond motifs is 1. The van der Waals surface area contributed by atoms with Crippen LogP contribution in [0.1, 0.15) is 13.2 Å². The fourth-order valence-corrected chi connectivity index (χ4v) is 5.04. The van der Waals surface area contributed by atoms with Gasteiger partial charge in [-0.15, -0.1) is 0 Å². The highest BCUT2D eigenvalue weighted by atomic mass is 31.2. The first-order chi connectivity index (χ1) is 16.7. The number of para-hydroxylation sites is 1. The maximum absolute atomic E-state index is 13.3. The molecule has 1 aliphatic heterocycles. The van der Waals surface area contributed by atoms with Crippen molar-refractivity contribution in [3.63, 3.8) is 0 Å². The van der Waals surface area contributed by atoms with E-state index in [-0.39, 0.29) is 11.6 Å². The monoisotopic (exact) mass is 509 g/mol. The molecule has 6 atom stereocenters. The summed E-state index contributed by atoms with van der Waals surface area (Å²) < 4.78 is 31.4. The largest absolute Gasteiger partial charge is 0.480 e. The van der Waals surface area contributed by atoms with Crippen LogP contribution in [0.5, 0.6) is 5.75 Å². The smallest absolute Gasteiger partial charge is 0.459 e. The lowest BCUT2D eigenvalue weighted by molar-refractivity contribution is -0.138. The van der Waals surface area contributed by atoms with Crippen LogP contribution >= 0.6 is 7.75 Å². The molecule has 0 amide bonds. The average molecular weight is 509 g/mol. The van der Waals surface area contributed by atoms with Crippen LogP contribution in [0.2, 0.25) is 0 Å². The number of anilines is 1. The number of ether oxygens (including phenoxy) is 1. The first-order valence-corrected chi connectivity index (χ1v) is 12.0. The molecular weight excluding hydrogens is 485 g/mol. The van der Waals surface area contributed by atoms with Crippen molar-refractivity contribution >= 4 is 30.6 Å². The lowest BCUT2D eigenvalue weighted by Crippen LogP contribution is -2.36. The molecule has 1 fully saturated rings. The van der Waals surface area contributed by atoms with Gasteiger partial charge in [0.25, 0.3) is 0 Å². The van der Waals surface area contributed by atoms with Gasteiger partial charge in [-0.1, -0.05) is 18.2 Å². The Labute approximate surface area is 198 Å². The number of carbonyl (C=O) groups is 1. The van der Waals surface area contributed by atoms with E-state index in [9.17, 15) is 29.9 Å². The molecule has 1 saturated heterocycles. The molecule has 14 nitrogen and oxygen atoms in total. The van der Waals surface area contributed by atoms with E-state index in [0.29, 0.717) is 11.0 Å². The predicted octanol–water partition coefficient (Wildman–Crippen LogP) is 1.12. The number of aliphatic hydroxyl groups excluding tert-OH is 2. The zero-order valence-corrected chi connectivity index (χ0v) is 19.2. The Morgan fingerprint density at radius 3 is 2.66 bits per heavy atom. The van der Waals surface area contributed by atoms with Gasteiger partial charge < -0.3 is 29.1 Å². The molecule has 0 unspecified atom stereocenters. The summed E-state index contributed by atoms with van der Waals surface area (Å²) in [5.74, 6) is -0.978. The van der Waals surface area contributed by atoms with Crippen LogP contribution in [0, 0.1) is 0 Å². The number of hydrogen-bond acceptors (Lipinski definition) is 11. The fourth-order valence-electron chi connectivity index (χ4n) is 3.54. The Morgan fingerprint density at radius 2 is 1.97 bits per heavy atom. The molecule has 1 aromatic carbocycles. The summed E-state index contributed by atoms with van der Waals surface area (Å²) in [5.41, 5.74) is 2.26. The first-order valence-electron chi connectivity index (χ1n) is 10.5. The van der Waals surface area contributed by atoms with Gasteiger partial charge in [-0.3, -0.25) is 20.0 Å². The van der Waals surface area contributed by atoms with Gasteiger partial charge in [0.15, 0.2) is 12.0 Å². The number of aromatic nitrogens is 3. The van der Waals surface area contributed by atoms with Crippen molar-refractivity contribution in [1.29, 1.82) is 0 Å². The number of nitrogens with one attached hydrogen (secondary N) is 2. The van der Waals surface area contributed by atoms with Crippen molar-refractivity contribution in [2.75, 3.05) is 12.1 Å². The second-order valence-corrected chi connectivity index (χ2v) is 9.42. The topological polar surface area (TPSA) is 198 Å². The second kappa shape index (κ2) is 10.3. The number of carboxylic acid groups (broad SMARTS) is 1. The lowest BCUT2D eigenvalue weighted by atomic mass is 10.1. The van der Waals surface area contributed by atoms with Crippen LogP contribution in [0.4, 0.5) is 5.82 Å². The van der Waals surface area contributed by atoms with Crippen molar-refractivity contribution < 1.29 is 43.7 Å². The summed E-state index contributed by atoms with van der Waals surface area (Å²) in [6.07, 6.45) is -2.39. The molecule has 15 heteroatoms. The summed E-state index contributed by atoms with van der Waals surface area (Å²) in [6.45, 7) is 0.762. The molecule has 35 heavy (non-hydrogen) atoms. The average Bonchev–Trinajstić information content (AvgIpc) is 3.39. The van der Waals surface area contributed by atoms with E-state index in [1.165, 1.54) is 36.1 Å². The summed E-state index contributed by atoms with van der Waals surface area (Å²) in [5, 5.41) is 42.4. The molecule has 0 radical (unpaired) electrons. The van der Waals surface area contributed by atoms with Gasteiger partial charge in [-0.25, -0.2) is 14.5 Å². The summed E-state index contributed by atoms with van der Waals surface area (Å²) >= 11 is 0. The highest BCUT2D eigenvalue weighted by molar-refractivity contribution is 7.52. The highest BCUT2D eigenvalue weighted by Crippen LogP contribution is 2.46. The summed E-state index contributed by atoms with van der Waals surface area (Å²) in [7, 11) is -4.25. The fraction of sp³-hybridized carbons (Fsp3) is 0.350. The van der Waals surface area contributed by atoms with Crippen LogP contribution in [0.15, 0.2) is 48.9 Å². The number of carboxylic acids is 1. The highest BCUT2D eigenvalue weighted by Gasteiger charge is 2.45. The van der Waals surface area contributed by atoms with E-state index < -0.39 is 50.9 Å². The van der Waals surface area contributed by atoms with Crippen LogP contribution < -0.4 is 15.1 Å². The Bertz CT molecular complexity index is 1230. The number of rotatable bonds is 10. The Kier molecular flexibility index (Phi) is 7.33. The summed E-state index contributed by atoms with van der Waals surface area (Å²) in [4.78, 5) is 19.3. The zero-order valence-electron chi connectivity index (χ0n) is 18.3. The van der Waals surface area contributed by atoms with E-state index in [4.69, 9.17) is 13.8 Å². The van der Waals surface area contributed by atoms with E-state index >= 15 is 0 Å². The maximum Gasteiger partial charge on any atom is 0.459 e. The van der Waals surface area contributed by atoms with Gasteiger partial charge in [-0.2, -0.15) is 5.09 Å². The Morgan fingerprint density at radius 1 is 1.23 bits per heavy atom. The molecule has 0 saturated carbocycles. The molecule has 2 aromatic heterocycles. The van der Waals surface area contributed by atoms with Gasteiger partial charge in [0.05, 0.1) is 12.0 Å². The van der Waals surface area contributed by atoms with E-state index in [1.54, 1.807) is 24.3 Å². The SMILES string of the molecule is C[C@H](N[P@@](=O)(OC[C@H]1O[C@@H](n2ccc3c(NO)ncnc32)[C@H](O)[C@@H]1O)Oc1ccccc1)C(=O)O. The third kappa shape index (κ3) is 5.28. The van der Waals surface area contributed by atoms with Crippen LogP contribution in [0.25, 0.3) is 11.0 Å². The number of benzene rings is 1. The minimum absolute atomic E-state index is 0.138. The molecule has 0 aliphatic carbocycles. The third-order valence-corrected chi connectivity index (χ3v) is 6.97. The molecule has 188 valence electrons. The van der Waals surface area contributed by atoms with Gasteiger partial charge in [0.2, 0.25) is 0 Å². The normalized spacial score (nSPS) is 24.7. The molecule has 0 bridgehead atoms. The third-order valence-electron chi connectivity index (χ3n) is 5.33. The van der Waals surface area contributed by atoms with Gasteiger partial charge in [0, 0.05) is 6.20 Å². The Balaban J connectivity index is 1.51. The standard InChI is InChI=1S/C20H24N5O9P/c1-11(20(28)29)24-35(31,34-12-5-3-2-4-6-12)32-9-14-15(26)16(27)19(33-14)25-8-7-13-17(23-30)21-10-22-18(13)25/h2-8,10-11,14-16,19,26-27,30H,9H2,1H3,(H,24,31)(H,28,29)(H,21,22,23)/t11-,14+,15+,16+,19+,35+/m0/s1. The Hall–Kier alpha value is -3.10. The van der Waals surface area contributed by atoms with E-state index in [1.807, 2.05) is 5.48 Å². The minimum Gasteiger partial charge on any atom is -0.480 e. The van der Waals surface area contributed by atoms with Crippen molar-refractivity contribution in [3.05, 3.63) is 48.9 Å². The van der Waals surface area contributed by atoms with Crippen molar-refractivity contribution in [1.82, 2.24) is 19.6 Å². The van der Waals surface area contributed by atoms with Gasteiger partial charge in [0.1, 0.15) is 42.1 Å². The second-order valence-electron chi connectivity index (χ2n) is 7.73. The first kappa shape index (κ1) is 25.0. The van der Waals surface area contributed by atoms with Crippen LogP contribution in [0.3, 0.4) is 0 Å². The number of hydrogen-bond donors (Lipinski definition) is 6. The number of aliphatic carboxylic acids is 1. The quantitative estimate of drug-likeness (QED) is 0.168. The molecule has 4 rings (SSSR count). The number of aliphatic hydroxyl groups is 2. The molecule has 6 N–H and O–H groups in total. The van der Waals surface area contributed by atoms with E-state index in [2.05, 4.69) is 15.1 Å².